The van der Waals surface area contributed by atoms with Gasteiger partial charge < -0.3 is 10.4 Å². The molecule has 2 aromatic carbocycles. The molecule has 1 fully saturated rings. The van der Waals surface area contributed by atoms with Crippen molar-refractivity contribution in [2.24, 2.45) is 0 Å². The maximum atomic E-state index is 13.4. The number of nitrogens with one attached hydrogen (secondary N) is 1. The smallest absolute Gasteiger partial charge is 0.261 e. The van der Waals surface area contributed by atoms with Gasteiger partial charge in [0.1, 0.15) is 17.5 Å². The van der Waals surface area contributed by atoms with Gasteiger partial charge in [-0.2, -0.15) is 0 Å². The quantitative estimate of drug-likeness (QED) is 0.705. The summed E-state index contributed by atoms with van der Waals surface area (Å²) in [4.78, 5) is 14.2. The van der Waals surface area contributed by atoms with Crippen molar-refractivity contribution in [1.82, 2.24) is 5.32 Å². The molecule has 3 rings (SSSR count). The van der Waals surface area contributed by atoms with Crippen LogP contribution < -0.4 is 10.2 Å². The van der Waals surface area contributed by atoms with E-state index in [1.807, 2.05) is 0 Å². The van der Waals surface area contributed by atoms with Crippen LogP contribution in [0.4, 0.5) is 10.1 Å². The average Bonchev–Trinajstić information content (AvgIpc) is 2.80. The lowest BCUT2D eigenvalue weighted by Gasteiger charge is -2.28. The molecule has 2 N–H and O–H groups in total. The summed E-state index contributed by atoms with van der Waals surface area (Å²) in [6.07, 6.45) is -1.13. The highest BCUT2D eigenvalue weighted by molar-refractivity contribution is 9.10. The Labute approximate surface area is 162 Å². The summed E-state index contributed by atoms with van der Waals surface area (Å²) in [7, 11) is 0. The van der Waals surface area contributed by atoms with Crippen LogP contribution in [0.1, 0.15) is 18.6 Å². The molecular formula is C17H13BrClFN2O2S. The summed E-state index contributed by atoms with van der Waals surface area (Å²) >= 11 is 14.4. The van der Waals surface area contributed by atoms with Gasteiger partial charge >= 0.3 is 0 Å². The second-order valence-electron chi connectivity index (χ2n) is 5.83. The number of halogens is 3. The van der Waals surface area contributed by atoms with Gasteiger partial charge in [-0.05, 0) is 55.0 Å². The van der Waals surface area contributed by atoms with E-state index in [-0.39, 0.29) is 10.1 Å². The number of aliphatic hydroxyl groups excluding tert-OH is 1. The topological polar surface area (TPSA) is 52.6 Å². The highest BCUT2D eigenvalue weighted by Gasteiger charge is 2.51. The van der Waals surface area contributed by atoms with Gasteiger partial charge in [-0.3, -0.25) is 9.69 Å². The molecule has 2 atom stereocenters. The van der Waals surface area contributed by atoms with Crippen molar-refractivity contribution in [2.75, 3.05) is 4.90 Å². The Bertz CT molecular complexity index is 864. The summed E-state index contributed by atoms with van der Waals surface area (Å²) in [5.74, 6) is -1.04. The van der Waals surface area contributed by atoms with Crippen LogP contribution in [0.15, 0.2) is 46.9 Å². The van der Waals surface area contributed by atoms with Crippen LogP contribution in [0.25, 0.3) is 0 Å². The third-order valence-corrected chi connectivity index (χ3v) is 5.21. The van der Waals surface area contributed by atoms with E-state index in [9.17, 15) is 14.3 Å². The van der Waals surface area contributed by atoms with E-state index in [1.54, 1.807) is 31.2 Å². The molecule has 1 amide bonds. The molecule has 8 heteroatoms. The van der Waals surface area contributed by atoms with Crippen molar-refractivity contribution in [3.63, 3.8) is 0 Å². The molecule has 1 heterocycles. The fourth-order valence-electron chi connectivity index (χ4n) is 2.68. The van der Waals surface area contributed by atoms with E-state index < -0.39 is 23.4 Å². The van der Waals surface area contributed by atoms with Crippen LogP contribution >= 0.6 is 39.7 Å². The normalized spacial score (nSPS) is 21.4. The Kier molecular flexibility index (Phi) is 4.85. The molecule has 0 aliphatic carbocycles. The Morgan fingerprint density at radius 1 is 1.32 bits per heavy atom. The number of benzene rings is 2. The summed E-state index contributed by atoms with van der Waals surface area (Å²) in [6, 6.07) is 10.9. The van der Waals surface area contributed by atoms with Gasteiger partial charge in [0.05, 0.1) is 10.7 Å². The monoisotopic (exact) mass is 442 g/mol. The molecule has 0 spiro atoms. The molecule has 1 aliphatic rings. The predicted octanol–water partition coefficient (Wildman–Crippen LogP) is 3.96. The first kappa shape index (κ1) is 18.3. The fourth-order valence-corrected chi connectivity index (χ4v) is 3.52. The van der Waals surface area contributed by atoms with Crippen molar-refractivity contribution in [3.8, 4) is 0 Å². The molecule has 1 saturated heterocycles. The molecule has 4 nitrogen and oxygen atoms in total. The number of amides is 1. The summed E-state index contributed by atoms with van der Waals surface area (Å²) in [5.41, 5.74) is -0.458. The van der Waals surface area contributed by atoms with Crippen LogP contribution in [0, 0.1) is 5.82 Å². The average molecular weight is 444 g/mol. The second kappa shape index (κ2) is 6.64. The van der Waals surface area contributed by atoms with Crippen LogP contribution in [0.3, 0.4) is 0 Å². The predicted molar refractivity (Wildman–Crippen MR) is 102 cm³/mol. The lowest BCUT2D eigenvalue weighted by molar-refractivity contribution is -0.125. The van der Waals surface area contributed by atoms with Gasteiger partial charge in [-0.1, -0.05) is 39.7 Å². The zero-order valence-corrected chi connectivity index (χ0v) is 16.1. The Morgan fingerprint density at radius 3 is 2.56 bits per heavy atom. The Morgan fingerprint density at radius 2 is 1.96 bits per heavy atom. The third-order valence-electron chi connectivity index (χ3n) is 4.11. The molecule has 0 saturated carbocycles. The minimum absolute atomic E-state index is 0.116. The number of carbonyl (C=O) groups excluding carboxylic acids is 1. The molecule has 2 aromatic rings. The van der Waals surface area contributed by atoms with Gasteiger partial charge in [0.15, 0.2) is 5.11 Å². The highest BCUT2D eigenvalue weighted by atomic mass is 79.9. The number of nitrogens with zero attached hydrogens (tertiary/aromatic N) is 1. The van der Waals surface area contributed by atoms with Gasteiger partial charge in [0.25, 0.3) is 5.91 Å². The number of hydrogen-bond acceptors (Lipinski definition) is 3. The second-order valence-corrected chi connectivity index (χ2v) is 7.54. The molecule has 0 bridgehead atoms. The third kappa shape index (κ3) is 3.17. The standard InChI is InChI=1S/C17H13BrClFN2O2S/c1-17(14(23)9-2-4-10(18)5-3-9)15(24)22(16(25)21-17)11-6-7-13(20)12(19)8-11/h2-8,14,23H,1H3,(H,21,25)/t14-,17+/m0/s1. The van der Waals surface area contributed by atoms with Gasteiger partial charge in [-0.25, -0.2) is 4.39 Å². The lowest BCUT2D eigenvalue weighted by Crippen LogP contribution is -2.49. The Balaban J connectivity index is 1.96. The van der Waals surface area contributed by atoms with E-state index >= 15 is 0 Å². The zero-order chi connectivity index (χ0) is 18.4. The van der Waals surface area contributed by atoms with E-state index in [2.05, 4.69) is 21.2 Å². The van der Waals surface area contributed by atoms with Crippen LogP contribution in [-0.4, -0.2) is 21.7 Å². The van der Waals surface area contributed by atoms with E-state index in [0.29, 0.717) is 11.3 Å². The molecule has 1 aliphatic heterocycles. The van der Waals surface area contributed by atoms with Crippen molar-refractivity contribution in [3.05, 3.63) is 63.3 Å². The number of hydrogen-bond donors (Lipinski definition) is 2. The lowest BCUT2D eigenvalue weighted by atomic mass is 9.89. The first-order chi connectivity index (χ1) is 11.7. The van der Waals surface area contributed by atoms with Gasteiger partial charge in [-0.15, -0.1) is 0 Å². The molecule has 0 radical (unpaired) electrons. The zero-order valence-electron chi connectivity index (χ0n) is 13.0. The minimum Gasteiger partial charge on any atom is -0.385 e. The van der Waals surface area contributed by atoms with Crippen molar-refractivity contribution in [2.45, 2.75) is 18.6 Å². The van der Waals surface area contributed by atoms with Gasteiger partial charge in [0.2, 0.25) is 0 Å². The maximum Gasteiger partial charge on any atom is 0.261 e. The summed E-state index contributed by atoms with van der Waals surface area (Å²) in [5, 5.41) is 13.6. The van der Waals surface area contributed by atoms with E-state index in [1.165, 1.54) is 17.0 Å². The van der Waals surface area contributed by atoms with Crippen molar-refractivity contribution in [1.29, 1.82) is 0 Å². The summed E-state index contributed by atoms with van der Waals surface area (Å²) < 4.78 is 14.2. The highest BCUT2D eigenvalue weighted by Crippen LogP contribution is 2.35. The van der Waals surface area contributed by atoms with E-state index in [4.69, 9.17) is 23.8 Å². The number of carbonyl (C=O) groups is 1. The first-order valence-electron chi connectivity index (χ1n) is 7.29. The molecular weight excluding hydrogens is 431 g/mol. The molecule has 25 heavy (non-hydrogen) atoms. The van der Waals surface area contributed by atoms with Crippen molar-refractivity contribution >= 4 is 56.5 Å². The van der Waals surface area contributed by atoms with Gasteiger partial charge in [0, 0.05) is 4.47 Å². The number of rotatable bonds is 3. The van der Waals surface area contributed by atoms with Crippen molar-refractivity contribution < 1.29 is 14.3 Å². The molecule has 130 valence electrons. The SMILES string of the molecule is C[C@]1([C@@H](O)c2ccc(Br)cc2)NC(=S)N(c2ccc(F)c(Cl)c2)C1=O. The minimum atomic E-state index is -1.36. The first-order valence-corrected chi connectivity index (χ1v) is 8.87. The van der Waals surface area contributed by atoms with Crippen LogP contribution in [-0.2, 0) is 4.79 Å². The largest absolute Gasteiger partial charge is 0.385 e. The fraction of sp³-hybridized carbons (Fsp3) is 0.176. The number of aliphatic hydroxyl groups is 1. The number of anilines is 1. The maximum absolute atomic E-state index is 13.4. The number of thiocarbonyl (C=S) groups is 1. The molecule has 0 aromatic heterocycles. The summed E-state index contributed by atoms with van der Waals surface area (Å²) in [6.45, 7) is 1.57. The van der Waals surface area contributed by atoms with Crippen LogP contribution in [0.5, 0.6) is 0 Å². The van der Waals surface area contributed by atoms with Crippen LogP contribution in [0.2, 0.25) is 5.02 Å². The Hall–Kier alpha value is -1.54. The molecule has 0 unspecified atom stereocenters. The van der Waals surface area contributed by atoms with E-state index in [0.717, 1.165) is 10.5 Å².